The van der Waals surface area contributed by atoms with Gasteiger partial charge in [-0.05, 0) is 42.5 Å². The van der Waals surface area contributed by atoms with E-state index in [-0.39, 0.29) is 5.91 Å². The molecular formula is C17H19N7O. The lowest BCUT2D eigenvalue weighted by Gasteiger charge is -2.12. The van der Waals surface area contributed by atoms with E-state index in [9.17, 15) is 4.79 Å². The molecule has 4 rings (SSSR count). The zero-order valence-corrected chi connectivity index (χ0v) is 14.0. The van der Waals surface area contributed by atoms with E-state index in [0.717, 1.165) is 42.4 Å². The lowest BCUT2D eigenvalue weighted by atomic mass is 9.95. The molecular weight excluding hydrogens is 318 g/mol. The van der Waals surface area contributed by atoms with Crippen LogP contribution in [0.15, 0.2) is 24.3 Å². The number of H-pyrrole nitrogens is 1. The van der Waals surface area contributed by atoms with Gasteiger partial charge in [0.25, 0.3) is 5.91 Å². The number of amides is 1. The highest BCUT2D eigenvalue weighted by atomic mass is 16.1. The second kappa shape index (κ2) is 6.46. The van der Waals surface area contributed by atoms with Gasteiger partial charge in [0.15, 0.2) is 5.69 Å². The molecule has 8 nitrogen and oxygen atoms in total. The van der Waals surface area contributed by atoms with Gasteiger partial charge in [-0.2, -0.15) is 10.3 Å². The van der Waals surface area contributed by atoms with Crippen LogP contribution < -0.4 is 5.32 Å². The van der Waals surface area contributed by atoms with Gasteiger partial charge in [0.1, 0.15) is 0 Å². The number of nitrogens with one attached hydrogen (secondary N) is 2. The molecule has 8 heteroatoms. The summed E-state index contributed by atoms with van der Waals surface area (Å²) in [5, 5.41) is 21.4. The van der Waals surface area contributed by atoms with Crippen LogP contribution in [0, 0.1) is 0 Å². The summed E-state index contributed by atoms with van der Waals surface area (Å²) in [4.78, 5) is 12.6. The quantitative estimate of drug-likeness (QED) is 0.749. The monoisotopic (exact) mass is 337 g/mol. The van der Waals surface area contributed by atoms with Gasteiger partial charge >= 0.3 is 0 Å². The number of carbonyl (C=O) groups excluding carboxylic acids is 1. The maximum Gasteiger partial charge on any atom is 0.272 e. The number of aromatic amines is 1. The number of fused-ring (bicyclic) bond motifs is 1. The predicted molar refractivity (Wildman–Crippen MR) is 90.6 cm³/mol. The Balaban J connectivity index is 1.49. The Morgan fingerprint density at radius 3 is 3.04 bits per heavy atom. The van der Waals surface area contributed by atoms with Crippen LogP contribution in [0.25, 0.3) is 11.4 Å². The average Bonchev–Trinajstić information content (AvgIpc) is 3.29. The molecule has 1 aliphatic rings. The number of carbonyl (C=O) groups is 1. The molecule has 0 atom stereocenters. The SMILES string of the molecule is Cn1nc(C(=O)NCc2cccc(-c3nn[nH]n3)c2)c2c1CCCC2. The highest BCUT2D eigenvalue weighted by molar-refractivity contribution is 5.94. The van der Waals surface area contributed by atoms with Crippen LogP contribution in [0.1, 0.15) is 40.2 Å². The molecule has 0 aliphatic heterocycles. The fraction of sp³-hybridized carbons (Fsp3) is 0.353. The van der Waals surface area contributed by atoms with Gasteiger partial charge in [0.2, 0.25) is 5.82 Å². The van der Waals surface area contributed by atoms with Gasteiger partial charge in [0, 0.05) is 30.4 Å². The van der Waals surface area contributed by atoms with Crippen molar-refractivity contribution in [2.24, 2.45) is 7.05 Å². The zero-order chi connectivity index (χ0) is 17.2. The summed E-state index contributed by atoms with van der Waals surface area (Å²) < 4.78 is 1.85. The minimum atomic E-state index is -0.122. The molecule has 1 aromatic carbocycles. The van der Waals surface area contributed by atoms with E-state index in [0.29, 0.717) is 18.1 Å². The summed E-state index contributed by atoms with van der Waals surface area (Å²) in [7, 11) is 1.91. The predicted octanol–water partition coefficient (Wildman–Crippen LogP) is 1.41. The van der Waals surface area contributed by atoms with Gasteiger partial charge in [-0.25, -0.2) is 0 Å². The number of aromatic nitrogens is 6. The lowest BCUT2D eigenvalue weighted by molar-refractivity contribution is 0.0944. The lowest BCUT2D eigenvalue weighted by Crippen LogP contribution is -2.24. The summed E-state index contributed by atoms with van der Waals surface area (Å²) >= 11 is 0. The minimum Gasteiger partial charge on any atom is -0.347 e. The van der Waals surface area contributed by atoms with Crippen LogP contribution in [-0.2, 0) is 26.4 Å². The van der Waals surface area contributed by atoms with Crippen molar-refractivity contribution in [3.63, 3.8) is 0 Å². The Kier molecular flexibility index (Phi) is 4.01. The van der Waals surface area contributed by atoms with Crippen LogP contribution in [0.4, 0.5) is 0 Å². The standard InChI is InChI=1S/C17H19N7O/c1-24-14-8-3-2-7-13(14)15(21-24)17(25)18-10-11-5-4-6-12(9-11)16-19-22-23-20-16/h4-6,9H,2-3,7-8,10H2,1H3,(H,18,25)(H,19,20,22,23). The van der Waals surface area contributed by atoms with E-state index in [1.807, 2.05) is 36.0 Å². The average molecular weight is 337 g/mol. The van der Waals surface area contributed by atoms with Crippen LogP contribution in [0.5, 0.6) is 0 Å². The van der Waals surface area contributed by atoms with E-state index in [1.54, 1.807) is 0 Å². The van der Waals surface area contributed by atoms with Crippen molar-refractivity contribution in [3.8, 4) is 11.4 Å². The Hall–Kier alpha value is -3.03. The molecule has 1 aliphatic carbocycles. The summed E-state index contributed by atoms with van der Waals surface area (Å²) in [6.07, 6.45) is 4.21. The van der Waals surface area contributed by atoms with Crippen molar-refractivity contribution in [2.75, 3.05) is 0 Å². The van der Waals surface area contributed by atoms with Crippen molar-refractivity contribution in [1.29, 1.82) is 0 Å². The van der Waals surface area contributed by atoms with E-state index < -0.39 is 0 Å². The van der Waals surface area contributed by atoms with Crippen molar-refractivity contribution < 1.29 is 4.79 Å². The molecule has 0 saturated carbocycles. The minimum absolute atomic E-state index is 0.122. The Morgan fingerprint density at radius 1 is 1.32 bits per heavy atom. The molecule has 3 aromatic rings. The third-order valence-electron chi connectivity index (χ3n) is 4.56. The van der Waals surface area contributed by atoms with E-state index in [2.05, 4.69) is 31.0 Å². The smallest absolute Gasteiger partial charge is 0.272 e. The van der Waals surface area contributed by atoms with Crippen LogP contribution in [0.3, 0.4) is 0 Å². The molecule has 2 N–H and O–H groups in total. The third kappa shape index (κ3) is 3.02. The number of hydrogen-bond acceptors (Lipinski definition) is 5. The molecule has 0 unspecified atom stereocenters. The number of nitrogens with zero attached hydrogens (tertiary/aromatic N) is 5. The first-order chi connectivity index (χ1) is 12.2. The summed E-state index contributed by atoms with van der Waals surface area (Å²) in [6.45, 7) is 0.426. The Labute approximate surface area is 144 Å². The van der Waals surface area contributed by atoms with E-state index >= 15 is 0 Å². The Morgan fingerprint density at radius 2 is 2.20 bits per heavy atom. The van der Waals surface area contributed by atoms with Crippen LogP contribution in [0.2, 0.25) is 0 Å². The first-order valence-corrected chi connectivity index (χ1v) is 8.38. The number of aryl methyl sites for hydroxylation is 1. The molecule has 2 aromatic heterocycles. The maximum absolute atomic E-state index is 12.6. The van der Waals surface area contributed by atoms with Gasteiger partial charge in [-0.3, -0.25) is 9.48 Å². The van der Waals surface area contributed by atoms with Crippen molar-refractivity contribution >= 4 is 5.91 Å². The normalized spacial score (nSPS) is 13.5. The zero-order valence-electron chi connectivity index (χ0n) is 14.0. The van der Waals surface area contributed by atoms with E-state index in [4.69, 9.17) is 0 Å². The summed E-state index contributed by atoms with van der Waals surface area (Å²) in [6, 6.07) is 7.72. The first kappa shape index (κ1) is 15.5. The summed E-state index contributed by atoms with van der Waals surface area (Å²) in [5.74, 6) is 0.413. The highest BCUT2D eigenvalue weighted by Gasteiger charge is 2.23. The second-order valence-corrected chi connectivity index (χ2v) is 6.22. The number of hydrogen-bond donors (Lipinski definition) is 2. The van der Waals surface area contributed by atoms with Gasteiger partial charge in [-0.1, -0.05) is 18.2 Å². The maximum atomic E-state index is 12.6. The highest BCUT2D eigenvalue weighted by Crippen LogP contribution is 2.24. The molecule has 2 heterocycles. The van der Waals surface area contributed by atoms with Crippen LogP contribution >= 0.6 is 0 Å². The largest absolute Gasteiger partial charge is 0.347 e. The molecule has 1 amide bonds. The van der Waals surface area contributed by atoms with Gasteiger partial charge in [-0.15, -0.1) is 10.2 Å². The first-order valence-electron chi connectivity index (χ1n) is 8.38. The Bertz CT molecular complexity index is 898. The molecule has 0 bridgehead atoms. The second-order valence-electron chi connectivity index (χ2n) is 6.22. The van der Waals surface area contributed by atoms with Crippen molar-refractivity contribution in [1.82, 2.24) is 35.7 Å². The fourth-order valence-electron chi connectivity index (χ4n) is 3.33. The van der Waals surface area contributed by atoms with Gasteiger partial charge in [0.05, 0.1) is 0 Å². The number of rotatable bonds is 4. The molecule has 0 radical (unpaired) electrons. The topological polar surface area (TPSA) is 101 Å². The van der Waals surface area contributed by atoms with Crippen molar-refractivity contribution in [2.45, 2.75) is 32.2 Å². The van der Waals surface area contributed by atoms with Gasteiger partial charge < -0.3 is 5.32 Å². The molecule has 0 spiro atoms. The third-order valence-corrected chi connectivity index (χ3v) is 4.56. The van der Waals surface area contributed by atoms with E-state index in [1.165, 1.54) is 5.69 Å². The summed E-state index contributed by atoms with van der Waals surface area (Å²) in [5.41, 5.74) is 4.69. The van der Waals surface area contributed by atoms with Crippen molar-refractivity contribution in [3.05, 3.63) is 46.8 Å². The molecule has 25 heavy (non-hydrogen) atoms. The molecule has 128 valence electrons. The number of benzene rings is 1. The molecule has 0 fully saturated rings. The molecule has 0 saturated heterocycles. The number of tetrazole rings is 1. The van der Waals surface area contributed by atoms with Crippen LogP contribution in [-0.4, -0.2) is 36.3 Å². The fourth-order valence-corrected chi connectivity index (χ4v) is 3.33.